The predicted octanol–water partition coefficient (Wildman–Crippen LogP) is 4.72. The highest BCUT2D eigenvalue weighted by molar-refractivity contribution is 7.90. The zero-order chi connectivity index (χ0) is 27.8. The first-order valence-electron chi connectivity index (χ1n) is 12.7. The molecule has 204 valence electrons. The van der Waals surface area contributed by atoms with E-state index < -0.39 is 33.4 Å². The topological polar surface area (TPSA) is 135 Å². The maximum Gasteiger partial charge on any atom is 0.407 e. The molecule has 0 bridgehead atoms. The standard InChI is InChI=1S/C28H35N3O6S/c1-28(2,3)37-27(33)30-17-15-20-9-11-21(12-10-20)22-13-14-24(26(32)31-38(34,35)18-16-29)25(19-22)36-23-7-5-4-6-8-23/h9-14,19,23H,4-8,15,17-18H2,1-3H3,(H,30,33)(H,31,32). The van der Waals surface area contributed by atoms with Crippen LogP contribution in [0.1, 0.15) is 68.8 Å². The molecule has 2 N–H and O–H groups in total. The Bertz CT molecular complexity index is 1270. The van der Waals surface area contributed by atoms with Gasteiger partial charge in [-0.15, -0.1) is 0 Å². The van der Waals surface area contributed by atoms with Gasteiger partial charge in [0.1, 0.15) is 11.4 Å². The van der Waals surface area contributed by atoms with Crippen LogP contribution in [0.5, 0.6) is 5.75 Å². The molecular weight excluding hydrogens is 506 g/mol. The lowest BCUT2D eigenvalue weighted by molar-refractivity contribution is 0.0528. The molecule has 0 atom stereocenters. The van der Waals surface area contributed by atoms with Gasteiger partial charge in [-0.25, -0.2) is 17.9 Å². The third-order valence-corrected chi connectivity index (χ3v) is 6.95. The number of amides is 2. The fourth-order valence-electron chi connectivity index (χ4n) is 4.15. The Balaban J connectivity index is 1.75. The van der Waals surface area contributed by atoms with Crippen LogP contribution in [0.15, 0.2) is 42.5 Å². The highest BCUT2D eigenvalue weighted by atomic mass is 32.2. The van der Waals surface area contributed by atoms with Gasteiger partial charge in [-0.05, 0) is 81.7 Å². The van der Waals surface area contributed by atoms with Crippen LogP contribution in [-0.4, -0.2) is 44.4 Å². The molecule has 10 heteroatoms. The Morgan fingerprint density at radius 2 is 1.68 bits per heavy atom. The van der Waals surface area contributed by atoms with Crippen LogP contribution in [-0.2, 0) is 21.2 Å². The number of carbonyl (C=O) groups excluding carboxylic acids is 2. The Morgan fingerprint density at radius 3 is 2.32 bits per heavy atom. The summed E-state index contributed by atoms with van der Waals surface area (Å²) in [5.74, 6) is -1.33. The predicted molar refractivity (Wildman–Crippen MR) is 144 cm³/mol. The van der Waals surface area contributed by atoms with Gasteiger partial charge in [-0.2, -0.15) is 5.26 Å². The number of sulfonamides is 1. The highest BCUT2D eigenvalue weighted by Crippen LogP contribution is 2.31. The minimum atomic E-state index is -4.07. The molecule has 0 aliphatic heterocycles. The van der Waals surface area contributed by atoms with Crippen LogP contribution >= 0.6 is 0 Å². The van der Waals surface area contributed by atoms with E-state index in [-0.39, 0.29) is 11.7 Å². The highest BCUT2D eigenvalue weighted by Gasteiger charge is 2.23. The molecule has 1 aliphatic carbocycles. The van der Waals surface area contributed by atoms with E-state index in [1.165, 1.54) is 0 Å². The van der Waals surface area contributed by atoms with Gasteiger partial charge in [0.25, 0.3) is 5.91 Å². The van der Waals surface area contributed by atoms with E-state index in [2.05, 4.69) is 5.32 Å². The van der Waals surface area contributed by atoms with Crippen molar-refractivity contribution in [2.75, 3.05) is 12.3 Å². The number of benzene rings is 2. The molecule has 0 heterocycles. The molecule has 38 heavy (non-hydrogen) atoms. The number of nitriles is 1. The van der Waals surface area contributed by atoms with Crippen LogP contribution < -0.4 is 14.8 Å². The van der Waals surface area contributed by atoms with Crippen LogP contribution in [0.25, 0.3) is 11.1 Å². The van der Waals surface area contributed by atoms with Crippen LogP contribution in [0.3, 0.4) is 0 Å². The number of nitrogens with zero attached hydrogens (tertiary/aromatic N) is 1. The number of nitrogens with one attached hydrogen (secondary N) is 2. The molecule has 2 amide bonds. The summed E-state index contributed by atoms with van der Waals surface area (Å²) in [6, 6.07) is 14.4. The van der Waals surface area contributed by atoms with Crippen molar-refractivity contribution in [3.63, 3.8) is 0 Å². The maximum atomic E-state index is 12.8. The van der Waals surface area contributed by atoms with Crippen molar-refractivity contribution in [2.24, 2.45) is 0 Å². The summed E-state index contributed by atoms with van der Waals surface area (Å²) in [5.41, 5.74) is 2.29. The summed E-state index contributed by atoms with van der Waals surface area (Å²) < 4.78 is 37.4. The SMILES string of the molecule is CC(C)(C)OC(=O)NCCc1ccc(-c2ccc(C(=O)NS(=O)(=O)CC#N)c(OC3CCCCC3)c2)cc1. The number of alkyl carbamates (subject to hydrolysis) is 1. The molecule has 3 rings (SSSR count). The molecule has 0 spiro atoms. The van der Waals surface area contributed by atoms with Crippen LogP contribution in [0.4, 0.5) is 4.79 Å². The van der Waals surface area contributed by atoms with Crippen molar-refractivity contribution >= 4 is 22.0 Å². The molecule has 1 saturated carbocycles. The van der Waals surface area contributed by atoms with Crippen LogP contribution in [0.2, 0.25) is 0 Å². The Labute approximate surface area is 224 Å². The summed E-state index contributed by atoms with van der Waals surface area (Å²) in [4.78, 5) is 24.6. The van der Waals surface area contributed by atoms with Crippen molar-refractivity contribution in [1.82, 2.24) is 10.0 Å². The minimum Gasteiger partial charge on any atom is -0.490 e. The molecule has 0 unspecified atom stereocenters. The zero-order valence-corrected chi connectivity index (χ0v) is 22.9. The molecule has 9 nitrogen and oxygen atoms in total. The average molecular weight is 542 g/mol. The first-order valence-corrected chi connectivity index (χ1v) is 14.4. The largest absolute Gasteiger partial charge is 0.490 e. The van der Waals surface area contributed by atoms with Crippen molar-refractivity contribution < 1.29 is 27.5 Å². The molecule has 0 radical (unpaired) electrons. The van der Waals surface area contributed by atoms with Crippen molar-refractivity contribution in [3.05, 3.63) is 53.6 Å². The molecule has 2 aromatic rings. The van der Waals surface area contributed by atoms with Gasteiger partial charge in [0, 0.05) is 6.54 Å². The second-order valence-corrected chi connectivity index (χ2v) is 12.0. The summed E-state index contributed by atoms with van der Waals surface area (Å²) in [5, 5.41) is 11.5. The summed E-state index contributed by atoms with van der Waals surface area (Å²) in [6.07, 6.45) is 5.06. The van der Waals surface area contributed by atoms with Gasteiger partial charge in [-0.1, -0.05) is 36.8 Å². The van der Waals surface area contributed by atoms with Gasteiger partial charge < -0.3 is 14.8 Å². The van der Waals surface area contributed by atoms with Crippen molar-refractivity contribution in [1.29, 1.82) is 5.26 Å². The fraction of sp³-hybridized carbons (Fsp3) is 0.464. The zero-order valence-electron chi connectivity index (χ0n) is 22.1. The summed E-state index contributed by atoms with van der Waals surface area (Å²) in [6.45, 7) is 5.87. The van der Waals surface area contributed by atoms with Crippen molar-refractivity contribution in [3.8, 4) is 22.9 Å². The van der Waals surface area contributed by atoms with Gasteiger partial charge >= 0.3 is 6.09 Å². The number of hydrogen-bond acceptors (Lipinski definition) is 7. The number of ether oxygens (including phenoxy) is 2. The van der Waals surface area contributed by atoms with E-state index in [9.17, 15) is 18.0 Å². The van der Waals surface area contributed by atoms with E-state index in [0.717, 1.165) is 48.8 Å². The lowest BCUT2D eigenvalue weighted by Gasteiger charge is -2.24. The molecule has 0 saturated heterocycles. The second-order valence-electron chi connectivity index (χ2n) is 10.3. The Morgan fingerprint density at radius 1 is 1.03 bits per heavy atom. The van der Waals surface area contributed by atoms with E-state index in [4.69, 9.17) is 14.7 Å². The number of carbonyl (C=O) groups is 2. The van der Waals surface area contributed by atoms with Gasteiger partial charge in [0.15, 0.2) is 5.75 Å². The number of rotatable bonds is 9. The smallest absolute Gasteiger partial charge is 0.407 e. The van der Waals surface area contributed by atoms with E-state index in [1.807, 2.05) is 49.8 Å². The Hall–Kier alpha value is -3.58. The normalized spacial score (nSPS) is 14.3. The lowest BCUT2D eigenvalue weighted by atomic mass is 9.97. The van der Waals surface area contributed by atoms with Gasteiger partial charge in [0.2, 0.25) is 10.0 Å². The third kappa shape index (κ3) is 9.06. The average Bonchev–Trinajstić information content (AvgIpc) is 2.83. The first-order chi connectivity index (χ1) is 18.0. The van der Waals surface area contributed by atoms with Crippen molar-refractivity contribution in [2.45, 2.75) is 71.0 Å². The molecule has 2 aromatic carbocycles. The fourth-order valence-corrected chi connectivity index (χ4v) is 4.79. The molecule has 1 aliphatic rings. The molecular formula is C28H35N3O6S. The summed E-state index contributed by atoms with van der Waals surface area (Å²) in [7, 11) is -4.07. The lowest BCUT2D eigenvalue weighted by Crippen LogP contribution is -2.33. The maximum absolute atomic E-state index is 12.8. The van der Waals surface area contributed by atoms with E-state index in [1.54, 1.807) is 24.3 Å². The monoisotopic (exact) mass is 541 g/mol. The minimum absolute atomic E-state index is 0.0545. The third-order valence-electron chi connectivity index (χ3n) is 5.94. The van der Waals surface area contributed by atoms with Gasteiger partial charge in [-0.3, -0.25) is 4.79 Å². The van der Waals surface area contributed by atoms with Crippen LogP contribution in [0, 0.1) is 11.3 Å². The first kappa shape index (κ1) is 29.0. The second kappa shape index (κ2) is 12.8. The number of hydrogen-bond donors (Lipinski definition) is 2. The molecule has 1 fully saturated rings. The quantitative estimate of drug-likeness (QED) is 0.469. The van der Waals surface area contributed by atoms with Gasteiger partial charge in [0.05, 0.1) is 17.7 Å². The summed E-state index contributed by atoms with van der Waals surface area (Å²) >= 11 is 0. The van der Waals surface area contributed by atoms with E-state index >= 15 is 0 Å². The van der Waals surface area contributed by atoms with E-state index in [0.29, 0.717) is 18.7 Å². The Kier molecular flexibility index (Phi) is 9.75. The molecule has 0 aromatic heterocycles.